The van der Waals surface area contributed by atoms with Crippen molar-refractivity contribution in [3.8, 4) is 0 Å². The van der Waals surface area contributed by atoms with Crippen LogP contribution in [0.5, 0.6) is 0 Å². The number of esters is 1. The van der Waals surface area contributed by atoms with E-state index in [4.69, 9.17) is 13.9 Å². The second-order valence-corrected chi connectivity index (χ2v) is 6.22. The lowest BCUT2D eigenvalue weighted by Crippen LogP contribution is -2.38. The number of furan rings is 1. The van der Waals surface area contributed by atoms with Crippen molar-refractivity contribution in [2.45, 2.75) is 40.3 Å². The summed E-state index contributed by atoms with van der Waals surface area (Å²) in [7, 11) is 0. The molecule has 1 atom stereocenters. The van der Waals surface area contributed by atoms with E-state index >= 15 is 0 Å². The van der Waals surface area contributed by atoms with E-state index in [2.05, 4.69) is 5.32 Å². The Labute approximate surface area is 147 Å². The van der Waals surface area contributed by atoms with Crippen molar-refractivity contribution in [2.75, 3.05) is 13.2 Å². The van der Waals surface area contributed by atoms with Gasteiger partial charge in [0, 0.05) is 23.6 Å². The van der Waals surface area contributed by atoms with Crippen LogP contribution in [0.4, 0.5) is 0 Å². The molecule has 0 unspecified atom stereocenters. The predicted molar refractivity (Wildman–Crippen MR) is 94.3 cm³/mol. The molecule has 0 radical (unpaired) electrons. The number of benzene rings is 1. The Bertz CT molecular complexity index is 734. The highest BCUT2D eigenvalue weighted by atomic mass is 16.5. The van der Waals surface area contributed by atoms with Crippen molar-refractivity contribution in [1.82, 2.24) is 5.32 Å². The molecule has 0 saturated heterocycles. The standard InChI is InChI=1S/C19H25NO5/c1-5-23-10-15-14-8-6-7-9-16(14)25-18(15)19(22)24-11-17(21)20-13(4)12(2)3/h6-9,12-13H,5,10-11H2,1-4H3,(H,20,21)/t13-/m1/s1. The summed E-state index contributed by atoms with van der Waals surface area (Å²) in [4.78, 5) is 24.3. The minimum Gasteiger partial charge on any atom is -0.450 e. The molecule has 1 heterocycles. The zero-order chi connectivity index (χ0) is 18.4. The molecule has 0 aliphatic carbocycles. The highest BCUT2D eigenvalue weighted by molar-refractivity contribution is 5.96. The molecule has 2 aromatic rings. The maximum Gasteiger partial charge on any atom is 0.375 e. The largest absolute Gasteiger partial charge is 0.450 e. The van der Waals surface area contributed by atoms with Gasteiger partial charge in [0.2, 0.25) is 5.76 Å². The van der Waals surface area contributed by atoms with Gasteiger partial charge in [-0.15, -0.1) is 0 Å². The summed E-state index contributed by atoms with van der Waals surface area (Å²) in [6.07, 6.45) is 0. The monoisotopic (exact) mass is 347 g/mol. The van der Waals surface area contributed by atoms with Gasteiger partial charge in [-0.25, -0.2) is 4.79 Å². The van der Waals surface area contributed by atoms with Crippen LogP contribution in [0.3, 0.4) is 0 Å². The van der Waals surface area contributed by atoms with Crippen LogP contribution in [0.2, 0.25) is 0 Å². The number of hydrogen-bond donors (Lipinski definition) is 1. The lowest BCUT2D eigenvalue weighted by molar-refractivity contribution is -0.125. The van der Waals surface area contributed by atoms with Gasteiger partial charge < -0.3 is 19.2 Å². The molecule has 6 nitrogen and oxygen atoms in total. The number of rotatable bonds is 8. The Morgan fingerprint density at radius 2 is 1.92 bits per heavy atom. The van der Waals surface area contributed by atoms with Gasteiger partial charge in [0.25, 0.3) is 5.91 Å². The minimum absolute atomic E-state index is 0.00548. The fourth-order valence-corrected chi connectivity index (χ4v) is 2.27. The molecule has 0 aliphatic rings. The van der Waals surface area contributed by atoms with Crippen LogP contribution in [0.15, 0.2) is 28.7 Å². The molecule has 0 aliphatic heterocycles. The van der Waals surface area contributed by atoms with E-state index in [0.29, 0.717) is 23.7 Å². The summed E-state index contributed by atoms with van der Waals surface area (Å²) in [5.41, 5.74) is 1.22. The van der Waals surface area contributed by atoms with E-state index in [9.17, 15) is 9.59 Å². The molecule has 6 heteroatoms. The van der Waals surface area contributed by atoms with Crippen molar-refractivity contribution in [2.24, 2.45) is 5.92 Å². The number of para-hydroxylation sites is 1. The summed E-state index contributed by atoms with van der Waals surface area (Å²) in [5.74, 6) is -0.623. The number of nitrogens with one attached hydrogen (secondary N) is 1. The van der Waals surface area contributed by atoms with E-state index in [1.54, 1.807) is 6.07 Å². The SMILES string of the molecule is CCOCc1c(C(=O)OCC(=O)N[C@H](C)C(C)C)oc2ccccc12. The number of carbonyl (C=O) groups is 2. The van der Waals surface area contributed by atoms with Crippen LogP contribution in [0.25, 0.3) is 11.0 Å². The zero-order valence-corrected chi connectivity index (χ0v) is 15.1. The van der Waals surface area contributed by atoms with Crippen LogP contribution in [0, 0.1) is 5.92 Å². The molecule has 0 saturated carbocycles. The number of fused-ring (bicyclic) bond motifs is 1. The van der Waals surface area contributed by atoms with Gasteiger partial charge >= 0.3 is 5.97 Å². The van der Waals surface area contributed by atoms with Gasteiger partial charge in [-0.05, 0) is 25.8 Å². The van der Waals surface area contributed by atoms with Gasteiger partial charge in [0.05, 0.1) is 6.61 Å². The predicted octanol–water partition coefficient (Wildman–Crippen LogP) is 3.29. The average molecular weight is 347 g/mol. The lowest BCUT2D eigenvalue weighted by Gasteiger charge is -2.17. The molecule has 1 aromatic carbocycles. The summed E-state index contributed by atoms with van der Waals surface area (Å²) < 4.78 is 16.2. The summed E-state index contributed by atoms with van der Waals surface area (Å²) >= 11 is 0. The molecule has 25 heavy (non-hydrogen) atoms. The number of amides is 1. The van der Waals surface area contributed by atoms with Gasteiger partial charge in [0.15, 0.2) is 6.61 Å². The Balaban J connectivity index is 2.09. The van der Waals surface area contributed by atoms with Crippen LogP contribution >= 0.6 is 0 Å². The van der Waals surface area contributed by atoms with Crippen molar-refractivity contribution < 1.29 is 23.5 Å². The fraction of sp³-hybridized carbons (Fsp3) is 0.474. The lowest BCUT2D eigenvalue weighted by atomic mass is 10.1. The summed E-state index contributed by atoms with van der Waals surface area (Å²) in [6.45, 7) is 8.21. The fourth-order valence-electron chi connectivity index (χ4n) is 2.27. The first-order chi connectivity index (χ1) is 11.9. The van der Waals surface area contributed by atoms with Crippen LogP contribution in [-0.4, -0.2) is 31.1 Å². The van der Waals surface area contributed by atoms with E-state index in [1.165, 1.54) is 0 Å². The second kappa shape index (κ2) is 8.67. The smallest absolute Gasteiger partial charge is 0.375 e. The van der Waals surface area contributed by atoms with Crippen molar-refractivity contribution in [1.29, 1.82) is 0 Å². The molecule has 0 bridgehead atoms. The molecule has 0 spiro atoms. The minimum atomic E-state index is -0.668. The third kappa shape index (κ3) is 4.82. The normalized spacial score (nSPS) is 12.4. The van der Waals surface area contributed by atoms with E-state index < -0.39 is 5.97 Å². The van der Waals surface area contributed by atoms with Crippen LogP contribution in [0.1, 0.15) is 43.8 Å². The Hall–Kier alpha value is -2.34. The maximum absolute atomic E-state index is 12.4. The average Bonchev–Trinajstić information content (AvgIpc) is 2.96. The first-order valence-electron chi connectivity index (χ1n) is 8.48. The maximum atomic E-state index is 12.4. The first kappa shape index (κ1) is 19.0. The highest BCUT2D eigenvalue weighted by Crippen LogP contribution is 2.27. The van der Waals surface area contributed by atoms with E-state index in [-0.39, 0.29) is 30.9 Å². The third-order valence-electron chi connectivity index (χ3n) is 4.06. The van der Waals surface area contributed by atoms with Crippen LogP contribution in [-0.2, 0) is 20.9 Å². The first-order valence-corrected chi connectivity index (χ1v) is 8.48. The Morgan fingerprint density at radius 1 is 1.20 bits per heavy atom. The molecule has 1 N–H and O–H groups in total. The van der Waals surface area contributed by atoms with Crippen molar-refractivity contribution in [3.63, 3.8) is 0 Å². The van der Waals surface area contributed by atoms with Gasteiger partial charge in [-0.3, -0.25) is 4.79 Å². The highest BCUT2D eigenvalue weighted by Gasteiger charge is 2.23. The van der Waals surface area contributed by atoms with Crippen LogP contribution < -0.4 is 5.32 Å². The quantitative estimate of drug-likeness (QED) is 0.742. The molecule has 1 aromatic heterocycles. The zero-order valence-electron chi connectivity index (χ0n) is 15.1. The number of hydrogen-bond acceptors (Lipinski definition) is 5. The molecule has 136 valence electrons. The molecule has 2 rings (SSSR count). The summed E-state index contributed by atoms with van der Waals surface area (Å²) in [5, 5.41) is 3.60. The molecule has 0 fully saturated rings. The van der Waals surface area contributed by atoms with Crippen molar-refractivity contribution >= 4 is 22.8 Å². The van der Waals surface area contributed by atoms with E-state index in [1.807, 2.05) is 45.9 Å². The van der Waals surface area contributed by atoms with Crippen molar-refractivity contribution in [3.05, 3.63) is 35.6 Å². The topological polar surface area (TPSA) is 77.8 Å². The third-order valence-corrected chi connectivity index (χ3v) is 4.06. The second-order valence-electron chi connectivity index (χ2n) is 6.22. The van der Waals surface area contributed by atoms with Gasteiger partial charge in [-0.1, -0.05) is 32.0 Å². The van der Waals surface area contributed by atoms with Gasteiger partial charge in [0.1, 0.15) is 5.58 Å². The molecular weight excluding hydrogens is 322 g/mol. The number of carbonyl (C=O) groups excluding carboxylic acids is 2. The Morgan fingerprint density at radius 3 is 2.60 bits per heavy atom. The Kier molecular flexibility index (Phi) is 6.58. The molecular formula is C19H25NO5. The van der Waals surface area contributed by atoms with Gasteiger partial charge in [-0.2, -0.15) is 0 Å². The number of ether oxygens (including phenoxy) is 2. The summed E-state index contributed by atoms with van der Waals surface area (Å²) in [6, 6.07) is 7.33. The molecule has 1 amide bonds. The van der Waals surface area contributed by atoms with E-state index in [0.717, 1.165) is 5.39 Å².